The molecule has 0 aliphatic heterocycles. The van der Waals surface area contributed by atoms with E-state index in [1.54, 1.807) is 6.92 Å². The third kappa shape index (κ3) is 9.64. The molecule has 0 aliphatic rings. The summed E-state index contributed by atoms with van der Waals surface area (Å²) < 4.78 is 21.2. The summed E-state index contributed by atoms with van der Waals surface area (Å²) in [5.41, 5.74) is 2.02. The highest BCUT2D eigenvalue weighted by Crippen LogP contribution is 2.10. The first-order valence-electron chi connectivity index (χ1n) is 4.06. The van der Waals surface area contributed by atoms with Crippen molar-refractivity contribution in [2.45, 2.75) is 33.6 Å². The van der Waals surface area contributed by atoms with E-state index >= 15 is 0 Å². The summed E-state index contributed by atoms with van der Waals surface area (Å²) in [7, 11) is 1.57. The second-order valence-corrected chi connectivity index (χ2v) is 5.74. The first-order valence-corrected chi connectivity index (χ1v) is 6.43. The minimum absolute atomic E-state index is 0.733. The van der Waals surface area contributed by atoms with Crippen molar-refractivity contribution < 1.29 is 8.42 Å². The van der Waals surface area contributed by atoms with E-state index in [4.69, 9.17) is 10.7 Å². The van der Waals surface area contributed by atoms with Crippen molar-refractivity contribution in [2.75, 3.05) is 0 Å². The monoisotopic (exact) mass is 222 g/mol. The minimum Gasteiger partial charge on any atom is -0.208 e. The van der Waals surface area contributed by atoms with Crippen molar-refractivity contribution in [3.8, 4) is 0 Å². The lowest BCUT2D eigenvalue weighted by Gasteiger charge is -1.96. The maximum absolute atomic E-state index is 10.6. The van der Waals surface area contributed by atoms with Crippen LogP contribution in [0.5, 0.6) is 0 Å². The van der Waals surface area contributed by atoms with Gasteiger partial charge in [-0.3, -0.25) is 0 Å². The van der Waals surface area contributed by atoms with Crippen LogP contribution in [0.1, 0.15) is 33.6 Å². The van der Waals surface area contributed by atoms with Crippen LogP contribution in [-0.2, 0) is 9.05 Å². The zero-order chi connectivity index (χ0) is 10.5. The van der Waals surface area contributed by atoms with E-state index in [2.05, 4.69) is 6.08 Å². The normalized spacial score (nSPS) is 12.8. The molecule has 0 saturated heterocycles. The second-order valence-electron chi connectivity index (χ2n) is 3.26. The minimum atomic E-state index is -3.48. The third-order valence-corrected chi connectivity index (χ3v) is 2.38. The van der Waals surface area contributed by atoms with E-state index in [9.17, 15) is 8.42 Å². The molecule has 4 heteroatoms. The predicted octanol–water partition coefficient (Wildman–Crippen LogP) is 3.21. The molecule has 76 valence electrons. The van der Waals surface area contributed by atoms with Crippen molar-refractivity contribution in [3.63, 3.8) is 0 Å². The molecule has 0 aromatic rings. The molecule has 0 spiro atoms. The Bertz CT molecular complexity index is 309. The first kappa shape index (κ1) is 12.7. The number of rotatable bonds is 4. The Labute approximate surface area is 84.7 Å². The van der Waals surface area contributed by atoms with Crippen LogP contribution in [0, 0.1) is 0 Å². The molecule has 0 N–H and O–H groups in total. The zero-order valence-electron chi connectivity index (χ0n) is 8.17. The predicted molar refractivity (Wildman–Crippen MR) is 57.2 cm³/mol. The summed E-state index contributed by atoms with van der Waals surface area (Å²) in [6.07, 6.45) is 3.66. The molecule has 0 saturated carbocycles. The van der Waals surface area contributed by atoms with Gasteiger partial charge in [-0.15, -0.1) is 0 Å². The lowest BCUT2D eigenvalue weighted by atomic mass is 10.1. The molecule has 0 rings (SSSR count). The van der Waals surface area contributed by atoms with Gasteiger partial charge in [-0.1, -0.05) is 17.2 Å². The van der Waals surface area contributed by atoms with E-state index in [1.807, 2.05) is 13.8 Å². The van der Waals surface area contributed by atoms with Crippen LogP contribution in [0.3, 0.4) is 0 Å². The molecular formula is C9H15ClO2S. The molecule has 0 aromatic heterocycles. The van der Waals surface area contributed by atoms with Gasteiger partial charge in [0.15, 0.2) is 0 Å². The highest BCUT2D eigenvalue weighted by atomic mass is 35.7. The van der Waals surface area contributed by atoms with Crippen LogP contribution in [0.4, 0.5) is 0 Å². The summed E-state index contributed by atoms with van der Waals surface area (Å²) in [5.74, 6) is 0. The highest BCUT2D eigenvalue weighted by molar-refractivity contribution is 8.16. The molecule has 0 aromatic carbocycles. The van der Waals surface area contributed by atoms with Gasteiger partial charge < -0.3 is 0 Å². The Morgan fingerprint density at radius 1 is 1.31 bits per heavy atom. The van der Waals surface area contributed by atoms with Crippen molar-refractivity contribution in [2.24, 2.45) is 0 Å². The number of hydrogen-bond donors (Lipinski definition) is 0. The third-order valence-electron chi connectivity index (χ3n) is 1.43. The van der Waals surface area contributed by atoms with E-state index in [0.29, 0.717) is 0 Å². The second kappa shape index (κ2) is 5.45. The Morgan fingerprint density at radius 3 is 2.23 bits per heavy atom. The van der Waals surface area contributed by atoms with Gasteiger partial charge in [0.1, 0.15) is 0 Å². The van der Waals surface area contributed by atoms with Gasteiger partial charge in [-0.25, -0.2) is 8.42 Å². The maximum Gasteiger partial charge on any atom is 0.254 e. The molecule has 0 atom stereocenters. The average molecular weight is 223 g/mol. The van der Waals surface area contributed by atoms with Gasteiger partial charge in [-0.05, 0) is 33.6 Å². The Kier molecular flexibility index (Phi) is 5.33. The molecule has 0 radical (unpaired) electrons. The van der Waals surface area contributed by atoms with Crippen LogP contribution >= 0.6 is 10.7 Å². The van der Waals surface area contributed by atoms with Gasteiger partial charge in [0.25, 0.3) is 9.05 Å². The Hall–Kier alpha value is -0.280. The summed E-state index contributed by atoms with van der Waals surface area (Å²) in [4.78, 5) is 0. The highest BCUT2D eigenvalue weighted by Gasteiger charge is 1.99. The Morgan fingerprint density at radius 2 is 1.85 bits per heavy atom. The summed E-state index contributed by atoms with van der Waals surface area (Å²) in [5, 5.41) is 1.10. The van der Waals surface area contributed by atoms with Crippen molar-refractivity contribution in [1.82, 2.24) is 0 Å². The lowest BCUT2D eigenvalue weighted by molar-refractivity contribution is 0.617. The number of halogens is 1. The fourth-order valence-corrected chi connectivity index (χ4v) is 1.94. The topological polar surface area (TPSA) is 34.1 Å². The largest absolute Gasteiger partial charge is 0.254 e. The van der Waals surface area contributed by atoms with Crippen molar-refractivity contribution in [3.05, 3.63) is 22.6 Å². The van der Waals surface area contributed by atoms with Crippen LogP contribution in [0.25, 0.3) is 0 Å². The summed E-state index contributed by atoms with van der Waals surface area (Å²) in [6, 6.07) is 0. The zero-order valence-corrected chi connectivity index (χ0v) is 9.74. The first-order chi connectivity index (χ1) is 5.81. The van der Waals surface area contributed by atoms with Crippen LogP contribution in [0.15, 0.2) is 22.6 Å². The van der Waals surface area contributed by atoms with Crippen LogP contribution in [-0.4, -0.2) is 8.42 Å². The molecular weight excluding hydrogens is 208 g/mol. The lowest BCUT2D eigenvalue weighted by Crippen LogP contribution is -1.84. The molecule has 13 heavy (non-hydrogen) atoms. The molecule has 0 heterocycles. The van der Waals surface area contributed by atoms with E-state index < -0.39 is 9.05 Å². The fourth-order valence-electron chi connectivity index (χ4n) is 0.888. The standard InChI is InChI=1S/C9H15ClO2S/c1-8(2)5-4-6-9(3)7-13(10,11)12/h5,7H,4,6H2,1-3H3/b9-7-. The molecule has 0 unspecified atom stereocenters. The maximum atomic E-state index is 10.6. The molecule has 0 bridgehead atoms. The molecule has 0 aliphatic carbocycles. The molecule has 0 amide bonds. The van der Waals surface area contributed by atoms with Gasteiger partial charge in [0, 0.05) is 16.1 Å². The molecule has 0 fully saturated rings. The van der Waals surface area contributed by atoms with Gasteiger partial charge >= 0.3 is 0 Å². The van der Waals surface area contributed by atoms with Gasteiger partial charge in [0.05, 0.1) is 0 Å². The Balaban J connectivity index is 4.11. The van der Waals surface area contributed by atoms with Crippen molar-refractivity contribution in [1.29, 1.82) is 0 Å². The van der Waals surface area contributed by atoms with E-state index in [0.717, 1.165) is 23.8 Å². The average Bonchev–Trinajstić information content (AvgIpc) is 1.81. The van der Waals surface area contributed by atoms with E-state index in [-0.39, 0.29) is 0 Å². The summed E-state index contributed by atoms with van der Waals surface area (Å²) >= 11 is 0. The smallest absolute Gasteiger partial charge is 0.208 e. The number of allylic oxidation sites excluding steroid dienone is 3. The number of hydrogen-bond acceptors (Lipinski definition) is 2. The van der Waals surface area contributed by atoms with Gasteiger partial charge in [0.2, 0.25) is 0 Å². The fraction of sp³-hybridized carbons (Fsp3) is 0.556. The quantitative estimate of drug-likeness (QED) is 0.541. The van der Waals surface area contributed by atoms with Gasteiger partial charge in [-0.2, -0.15) is 0 Å². The van der Waals surface area contributed by atoms with Crippen LogP contribution in [0.2, 0.25) is 0 Å². The van der Waals surface area contributed by atoms with Crippen molar-refractivity contribution >= 4 is 19.7 Å². The van der Waals surface area contributed by atoms with E-state index in [1.165, 1.54) is 5.57 Å². The SMILES string of the molecule is CC(C)=CCC/C(C)=C\S(=O)(=O)Cl. The molecule has 2 nitrogen and oxygen atoms in total. The van der Waals surface area contributed by atoms with Crippen LogP contribution < -0.4 is 0 Å². The summed E-state index contributed by atoms with van der Waals surface area (Å²) in [6.45, 7) is 5.79.